The molecule has 0 radical (unpaired) electrons. The molecular weight excluding hydrogens is 465 g/mol. The van der Waals surface area contributed by atoms with Gasteiger partial charge < -0.3 is 23.8 Å². The number of amides is 1. The Labute approximate surface area is 219 Å². The molecule has 1 aliphatic heterocycles. The van der Waals surface area contributed by atoms with Crippen molar-refractivity contribution >= 4 is 23.8 Å². The fourth-order valence-corrected chi connectivity index (χ4v) is 6.98. The van der Waals surface area contributed by atoms with E-state index in [0.717, 1.165) is 22.9 Å². The quantitative estimate of drug-likeness (QED) is 0.414. The van der Waals surface area contributed by atoms with E-state index in [-0.39, 0.29) is 30.5 Å². The van der Waals surface area contributed by atoms with Crippen LogP contribution in [0.25, 0.3) is 10.8 Å². The van der Waals surface area contributed by atoms with Gasteiger partial charge in [-0.1, -0.05) is 55.8 Å². The zero-order chi connectivity index (χ0) is 26.0. The molecule has 1 amide bonds. The van der Waals surface area contributed by atoms with Crippen LogP contribution in [-0.2, 0) is 19.5 Å². The zero-order valence-corrected chi connectivity index (χ0v) is 22.4. The van der Waals surface area contributed by atoms with Crippen LogP contribution in [0.15, 0.2) is 59.2 Å². The molecule has 5 atom stereocenters. The average molecular weight is 501 g/mol. The standard InChI is InChI=1S/C30H36BNO5/c1-19-10-12-22(13-11-19)34-15-14-26(33)32-30(5,27-23-9-7-6-8-20(23)18-35-27)31-36-25-17-21-16-24(28(21,2)3)29(25,4)37-31/h6-13,18,21,24-25H,14-17H2,1-5H3,(H,32,33)/t21-,24-,25+,29-,30+/m0/s1. The molecule has 37 heavy (non-hydrogen) atoms. The van der Waals surface area contributed by atoms with Gasteiger partial charge >= 0.3 is 7.12 Å². The number of benzene rings is 2. The summed E-state index contributed by atoms with van der Waals surface area (Å²) in [7, 11) is -0.672. The van der Waals surface area contributed by atoms with Crippen molar-refractivity contribution in [2.45, 2.75) is 71.0 Å². The van der Waals surface area contributed by atoms with Crippen LogP contribution in [-0.4, -0.2) is 31.3 Å². The molecule has 4 fully saturated rings. The molecule has 3 aliphatic carbocycles. The van der Waals surface area contributed by atoms with Gasteiger partial charge in [0.1, 0.15) is 16.9 Å². The molecule has 2 bridgehead atoms. The summed E-state index contributed by atoms with van der Waals surface area (Å²) in [6.07, 6.45) is 4.08. The van der Waals surface area contributed by atoms with E-state index in [9.17, 15) is 4.79 Å². The minimum absolute atomic E-state index is 0.00315. The molecular formula is C30H36BNO5. The summed E-state index contributed by atoms with van der Waals surface area (Å²) >= 11 is 0. The summed E-state index contributed by atoms with van der Waals surface area (Å²) in [5.74, 6) is 2.31. The number of hydrogen-bond acceptors (Lipinski definition) is 5. The first-order valence-corrected chi connectivity index (χ1v) is 13.4. The van der Waals surface area contributed by atoms with E-state index in [0.29, 0.717) is 17.6 Å². The normalized spacial score (nSPS) is 29.3. The Hall–Kier alpha value is -2.77. The summed E-state index contributed by atoms with van der Waals surface area (Å²) in [6, 6.07) is 15.8. The van der Waals surface area contributed by atoms with Crippen LogP contribution in [0.5, 0.6) is 5.75 Å². The third-order valence-electron chi connectivity index (χ3n) is 9.42. The smallest absolute Gasteiger partial charge is 0.492 e. The Bertz CT molecular complexity index is 1320. The Morgan fingerprint density at radius 2 is 1.89 bits per heavy atom. The fraction of sp³-hybridized carbons (Fsp3) is 0.500. The third kappa shape index (κ3) is 3.90. The van der Waals surface area contributed by atoms with E-state index >= 15 is 0 Å². The van der Waals surface area contributed by atoms with Gasteiger partial charge in [0.15, 0.2) is 0 Å². The maximum absolute atomic E-state index is 13.3. The number of carbonyl (C=O) groups is 1. The molecule has 2 aromatic carbocycles. The number of ether oxygens (including phenoxy) is 1. The minimum Gasteiger partial charge on any atom is -0.493 e. The molecule has 2 heterocycles. The van der Waals surface area contributed by atoms with Crippen molar-refractivity contribution in [2.75, 3.05) is 6.61 Å². The van der Waals surface area contributed by atoms with Crippen molar-refractivity contribution in [3.8, 4) is 5.75 Å². The maximum atomic E-state index is 13.3. The molecule has 7 rings (SSSR count). The Morgan fingerprint density at radius 1 is 1.14 bits per heavy atom. The summed E-state index contributed by atoms with van der Waals surface area (Å²) in [6.45, 7) is 11.1. The van der Waals surface area contributed by atoms with Crippen LogP contribution in [0, 0.1) is 24.2 Å². The monoisotopic (exact) mass is 501 g/mol. The SMILES string of the molecule is Cc1ccc(OCCC(=O)N[C@@](C)(B2O[C@@H]3C[C@@H]4C[C@@H](C4(C)C)[C@]3(C)O2)c2occ3ccccc23)cc1. The molecule has 1 N–H and O–H groups in total. The lowest BCUT2D eigenvalue weighted by molar-refractivity contribution is -0.199. The van der Waals surface area contributed by atoms with Gasteiger partial charge in [0.25, 0.3) is 0 Å². The molecule has 1 saturated heterocycles. The number of hydrogen-bond donors (Lipinski definition) is 1. The third-order valence-corrected chi connectivity index (χ3v) is 9.42. The Morgan fingerprint density at radius 3 is 2.65 bits per heavy atom. The molecule has 0 spiro atoms. The highest BCUT2D eigenvalue weighted by molar-refractivity contribution is 6.50. The van der Waals surface area contributed by atoms with E-state index in [1.165, 1.54) is 12.0 Å². The molecule has 7 heteroatoms. The van der Waals surface area contributed by atoms with Crippen molar-refractivity contribution in [3.05, 3.63) is 66.1 Å². The topological polar surface area (TPSA) is 69.9 Å². The van der Waals surface area contributed by atoms with Crippen LogP contribution >= 0.6 is 0 Å². The first-order chi connectivity index (χ1) is 17.6. The van der Waals surface area contributed by atoms with Crippen molar-refractivity contribution < 1.29 is 23.3 Å². The number of aryl methyl sites for hydroxylation is 1. The molecule has 194 valence electrons. The van der Waals surface area contributed by atoms with Gasteiger partial charge in [0, 0.05) is 10.8 Å². The highest BCUT2D eigenvalue weighted by atomic mass is 16.7. The van der Waals surface area contributed by atoms with Gasteiger partial charge in [-0.2, -0.15) is 0 Å². The number of nitrogens with one attached hydrogen (secondary N) is 1. The second-order valence-electron chi connectivity index (χ2n) is 12.1. The molecule has 1 aromatic heterocycles. The number of rotatable bonds is 7. The van der Waals surface area contributed by atoms with Gasteiger partial charge in [-0.3, -0.25) is 4.79 Å². The van der Waals surface area contributed by atoms with E-state index in [4.69, 9.17) is 18.5 Å². The highest BCUT2D eigenvalue weighted by Crippen LogP contribution is 2.66. The predicted molar refractivity (Wildman–Crippen MR) is 143 cm³/mol. The van der Waals surface area contributed by atoms with E-state index in [2.05, 4.69) is 26.1 Å². The Kier molecular flexibility index (Phi) is 5.73. The molecule has 6 nitrogen and oxygen atoms in total. The number of carbonyl (C=O) groups excluding carboxylic acids is 1. The van der Waals surface area contributed by atoms with E-state index in [1.54, 1.807) is 6.26 Å². The molecule has 3 aromatic rings. The van der Waals surface area contributed by atoms with Crippen LogP contribution in [0.1, 0.15) is 58.3 Å². The summed E-state index contributed by atoms with van der Waals surface area (Å²) in [4.78, 5) is 13.3. The van der Waals surface area contributed by atoms with Crippen molar-refractivity contribution in [3.63, 3.8) is 0 Å². The lowest BCUT2D eigenvalue weighted by Crippen LogP contribution is -2.65. The number of furan rings is 1. The maximum Gasteiger partial charge on any atom is 0.492 e. The zero-order valence-electron chi connectivity index (χ0n) is 22.4. The molecule has 0 unspecified atom stereocenters. The summed E-state index contributed by atoms with van der Waals surface area (Å²) in [5, 5.41) is 5.16. The van der Waals surface area contributed by atoms with Crippen molar-refractivity contribution in [1.82, 2.24) is 5.32 Å². The van der Waals surface area contributed by atoms with Crippen LogP contribution in [0.4, 0.5) is 0 Å². The largest absolute Gasteiger partial charge is 0.493 e. The summed E-state index contributed by atoms with van der Waals surface area (Å²) in [5.41, 5.74) is -0.0169. The van der Waals surface area contributed by atoms with Crippen LogP contribution in [0.2, 0.25) is 0 Å². The van der Waals surface area contributed by atoms with Crippen LogP contribution in [0.3, 0.4) is 0 Å². The van der Waals surface area contributed by atoms with Gasteiger partial charge in [-0.25, -0.2) is 0 Å². The first kappa shape index (κ1) is 24.6. The van der Waals surface area contributed by atoms with E-state index in [1.807, 2.05) is 62.4 Å². The van der Waals surface area contributed by atoms with E-state index < -0.39 is 18.2 Å². The molecule has 3 saturated carbocycles. The second kappa shape index (κ2) is 8.64. The second-order valence-corrected chi connectivity index (χ2v) is 12.1. The predicted octanol–water partition coefficient (Wildman–Crippen LogP) is 5.81. The number of fused-ring (bicyclic) bond motifs is 1. The Balaban J connectivity index is 1.26. The highest BCUT2D eigenvalue weighted by Gasteiger charge is 2.70. The lowest BCUT2D eigenvalue weighted by Gasteiger charge is -2.64. The minimum atomic E-state index is -1.01. The first-order valence-electron chi connectivity index (χ1n) is 13.4. The summed E-state index contributed by atoms with van der Waals surface area (Å²) < 4.78 is 25.5. The average Bonchev–Trinajstić information content (AvgIpc) is 3.46. The van der Waals surface area contributed by atoms with Crippen molar-refractivity contribution in [1.29, 1.82) is 0 Å². The molecule has 4 aliphatic rings. The van der Waals surface area contributed by atoms with Gasteiger partial charge in [-0.05, 0) is 63.0 Å². The van der Waals surface area contributed by atoms with Crippen LogP contribution < -0.4 is 10.1 Å². The van der Waals surface area contributed by atoms with Gasteiger partial charge in [0.2, 0.25) is 5.91 Å². The van der Waals surface area contributed by atoms with Gasteiger partial charge in [-0.15, -0.1) is 0 Å². The van der Waals surface area contributed by atoms with Gasteiger partial charge in [0.05, 0.1) is 31.0 Å². The lowest BCUT2D eigenvalue weighted by atomic mass is 9.43. The van der Waals surface area contributed by atoms with Crippen molar-refractivity contribution in [2.24, 2.45) is 17.3 Å². The fourth-order valence-electron chi connectivity index (χ4n) is 6.98.